The van der Waals surface area contributed by atoms with Gasteiger partial charge >= 0.3 is 0 Å². The van der Waals surface area contributed by atoms with Gasteiger partial charge in [-0.15, -0.1) is 0 Å². The van der Waals surface area contributed by atoms with Crippen LogP contribution in [0.5, 0.6) is 11.5 Å². The normalized spacial score (nSPS) is 11.0. The first-order chi connectivity index (χ1) is 13.8. The van der Waals surface area contributed by atoms with Gasteiger partial charge in [-0.1, -0.05) is 60.7 Å². The fourth-order valence-corrected chi connectivity index (χ4v) is 3.08. The Hall–Kier alpha value is -3.59. The Bertz CT molecular complexity index is 1090. The number of hydrogen-bond acceptors (Lipinski definition) is 3. The molecular formula is C25H21NO2. The Balaban J connectivity index is 1.67. The summed E-state index contributed by atoms with van der Waals surface area (Å²) >= 11 is 0. The third-order valence-corrected chi connectivity index (χ3v) is 4.58. The minimum atomic E-state index is 0.516. The van der Waals surface area contributed by atoms with E-state index in [1.54, 1.807) is 7.11 Å². The molecule has 0 bridgehead atoms. The first kappa shape index (κ1) is 17.8. The third-order valence-electron chi connectivity index (χ3n) is 4.58. The van der Waals surface area contributed by atoms with Crippen LogP contribution < -0.4 is 9.47 Å². The molecular weight excluding hydrogens is 346 g/mol. The van der Waals surface area contributed by atoms with Gasteiger partial charge in [0.25, 0.3) is 0 Å². The molecule has 4 rings (SSSR count). The van der Waals surface area contributed by atoms with Gasteiger partial charge in [-0.05, 0) is 46.7 Å². The molecule has 0 fully saturated rings. The standard InChI is InChI=1S/C25H21NO2/c1-27-22-14-12-21(13-15-22)26-17-24-23-10-6-5-9-20(23)11-16-25(24)28-18-19-7-3-2-4-8-19/h2-17H,18H2,1H3. The van der Waals surface area contributed by atoms with Crippen molar-refractivity contribution in [2.45, 2.75) is 6.61 Å². The largest absolute Gasteiger partial charge is 0.497 e. The Morgan fingerprint density at radius 1 is 0.786 bits per heavy atom. The molecule has 0 N–H and O–H groups in total. The fourth-order valence-electron chi connectivity index (χ4n) is 3.08. The highest BCUT2D eigenvalue weighted by Gasteiger charge is 2.07. The minimum absolute atomic E-state index is 0.516. The molecule has 0 spiro atoms. The van der Waals surface area contributed by atoms with E-state index in [0.29, 0.717) is 6.61 Å². The highest BCUT2D eigenvalue weighted by Crippen LogP contribution is 2.28. The van der Waals surface area contributed by atoms with Crippen LogP contribution in [0.3, 0.4) is 0 Å². The van der Waals surface area contributed by atoms with Crippen LogP contribution in [0.2, 0.25) is 0 Å². The molecule has 0 heterocycles. The maximum absolute atomic E-state index is 6.14. The van der Waals surface area contributed by atoms with Gasteiger partial charge < -0.3 is 9.47 Å². The van der Waals surface area contributed by atoms with E-state index in [0.717, 1.165) is 39.1 Å². The van der Waals surface area contributed by atoms with E-state index < -0.39 is 0 Å². The van der Waals surface area contributed by atoms with E-state index in [-0.39, 0.29) is 0 Å². The molecule has 0 amide bonds. The monoisotopic (exact) mass is 367 g/mol. The lowest BCUT2D eigenvalue weighted by molar-refractivity contribution is 0.306. The third kappa shape index (κ3) is 4.04. The van der Waals surface area contributed by atoms with Crippen LogP contribution in [0.15, 0.2) is 96.0 Å². The summed E-state index contributed by atoms with van der Waals surface area (Å²) in [4.78, 5) is 4.66. The van der Waals surface area contributed by atoms with Crippen molar-refractivity contribution in [2.75, 3.05) is 7.11 Å². The molecule has 28 heavy (non-hydrogen) atoms. The molecule has 0 atom stereocenters. The maximum atomic E-state index is 6.14. The Kier molecular flexibility index (Phi) is 5.34. The van der Waals surface area contributed by atoms with Gasteiger partial charge in [0, 0.05) is 11.8 Å². The van der Waals surface area contributed by atoms with Crippen LogP contribution in [-0.2, 0) is 6.61 Å². The second-order valence-corrected chi connectivity index (χ2v) is 6.43. The molecule has 4 aromatic rings. The van der Waals surface area contributed by atoms with Gasteiger partial charge in [0.1, 0.15) is 18.1 Å². The number of nitrogens with zero attached hydrogens (tertiary/aromatic N) is 1. The van der Waals surface area contributed by atoms with Crippen molar-refractivity contribution < 1.29 is 9.47 Å². The number of fused-ring (bicyclic) bond motifs is 1. The SMILES string of the molecule is COc1ccc(N=Cc2c(OCc3ccccc3)ccc3ccccc23)cc1. The number of hydrogen-bond donors (Lipinski definition) is 0. The van der Waals surface area contributed by atoms with Crippen molar-refractivity contribution >= 4 is 22.7 Å². The van der Waals surface area contributed by atoms with Crippen molar-refractivity contribution in [3.05, 3.63) is 102 Å². The molecule has 0 aliphatic rings. The summed E-state index contributed by atoms with van der Waals surface area (Å²) in [5.41, 5.74) is 2.97. The number of ether oxygens (including phenoxy) is 2. The number of rotatable bonds is 6. The quantitative estimate of drug-likeness (QED) is 0.381. The maximum Gasteiger partial charge on any atom is 0.129 e. The van der Waals surface area contributed by atoms with Gasteiger partial charge in [-0.2, -0.15) is 0 Å². The molecule has 0 saturated heterocycles. The smallest absolute Gasteiger partial charge is 0.129 e. The molecule has 4 aromatic carbocycles. The van der Waals surface area contributed by atoms with Crippen LogP contribution in [0.4, 0.5) is 5.69 Å². The Morgan fingerprint density at radius 3 is 2.32 bits per heavy atom. The summed E-state index contributed by atoms with van der Waals surface area (Å²) in [5.74, 6) is 1.64. The summed E-state index contributed by atoms with van der Waals surface area (Å²) in [5, 5.41) is 2.27. The number of benzene rings is 4. The molecule has 0 aromatic heterocycles. The summed E-state index contributed by atoms with van der Waals surface area (Å²) in [6, 6.07) is 30.2. The Morgan fingerprint density at radius 2 is 1.54 bits per heavy atom. The lowest BCUT2D eigenvalue weighted by atomic mass is 10.0. The summed E-state index contributed by atoms with van der Waals surface area (Å²) < 4.78 is 11.4. The van der Waals surface area contributed by atoms with E-state index in [1.807, 2.05) is 66.9 Å². The average molecular weight is 367 g/mol. The summed E-state index contributed by atoms with van der Waals surface area (Å²) in [6.45, 7) is 0.516. The minimum Gasteiger partial charge on any atom is -0.497 e. The molecule has 3 heteroatoms. The van der Waals surface area contributed by atoms with Gasteiger partial charge in [0.2, 0.25) is 0 Å². The molecule has 0 aliphatic carbocycles. The van der Waals surface area contributed by atoms with Gasteiger partial charge in [-0.3, -0.25) is 4.99 Å². The topological polar surface area (TPSA) is 30.8 Å². The van der Waals surface area contributed by atoms with Crippen molar-refractivity contribution in [1.29, 1.82) is 0 Å². The van der Waals surface area contributed by atoms with E-state index in [1.165, 1.54) is 0 Å². The molecule has 0 radical (unpaired) electrons. The van der Waals surface area contributed by atoms with Crippen molar-refractivity contribution in [2.24, 2.45) is 4.99 Å². The van der Waals surface area contributed by atoms with Gasteiger partial charge in [0.05, 0.1) is 12.8 Å². The second-order valence-electron chi connectivity index (χ2n) is 6.43. The first-order valence-corrected chi connectivity index (χ1v) is 9.20. The number of methoxy groups -OCH3 is 1. The van der Waals surface area contributed by atoms with Crippen molar-refractivity contribution in [3.8, 4) is 11.5 Å². The van der Waals surface area contributed by atoms with Crippen molar-refractivity contribution in [1.82, 2.24) is 0 Å². The molecule has 138 valence electrons. The van der Waals surface area contributed by atoms with E-state index in [4.69, 9.17) is 9.47 Å². The van der Waals surface area contributed by atoms with E-state index in [2.05, 4.69) is 35.3 Å². The van der Waals surface area contributed by atoms with E-state index in [9.17, 15) is 0 Å². The predicted octanol–water partition coefficient (Wildman–Crippen LogP) is 6.18. The van der Waals surface area contributed by atoms with Crippen molar-refractivity contribution in [3.63, 3.8) is 0 Å². The average Bonchev–Trinajstić information content (AvgIpc) is 2.77. The number of aliphatic imine (C=N–C) groups is 1. The van der Waals surface area contributed by atoms with Crippen LogP contribution in [0, 0.1) is 0 Å². The predicted molar refractivity (Wildman–Crippen MR) is 115 cm³/mol. The molecule has 0 unspecified atom stereocenters. The van der Waals surface area contributed by atoms with E-state index >= 15 is 0 Å². The first-order valence-electron chi connectivity index (χ1n) is 9.20. The van der Waals surface area contributed by atoms with Crippen LogP contribution in [0.25, 0.3) is 10.8 Å². The Labute approximate surface area is 164 Å². The zero-order chi connectivity index (χ0) is 19.2. The molecule has 3 nitrogen and oxygen atoms in total. The summed E-state index contributed by atoms with van der Waals surface area (Å²) in [6.07, 6.45) is 1.88. The van der Waals surface area contributed by atoms with Crippen LogP contribution in [-0.4, -0.2) is 13.3 Å². The zero-order valence-electron chi connectivity index (χ0n) is 15.7. The lowest BCUT2D eigenvalue weighted by Crippen LogP contribution is -1.99. The molecule has 0 aliphatic heterocycles. The summed E-state index contributed by atoms with van der Waals surface area (Å²) in [7, 11) is 1.66. The lowest BCUT2D eigenvalue weighted by Gasteiger charge is -2.12. The highest BCUT2D eigenvalue weighted by atomic mass is 16.5. The highest BCUT2D eigenvalue weighted by molar-refractivity contribution is 6.03. The zero-order valence-corrected chi connectivity index (χ0v) is 15.7. The fraction of sp³-hybridized carbons (Fsp3) is 0.0800. The molecule has 0 saturated carbocycles. The van der Waals surface area contributed by atoms with Crippen LogP contribution >= 0.6 is 0 Å². The van der Waals surface area contributed by atoms with Gasteiger partial charge in [-0.25, -0.2) is 0 Å². The van der Waals surface area contributed by atoms with Crippen LogP contribution in [0.1, 0.15) is 11.1 Å². The second kappa shape index (κ2) is 8.40. The van der Waals surface area contributed by atoms with Gasteiger partial charge in [0.15, 0.2) is 0 Å².